The van der Waals surface area contributed by atoms with E-state index in [9.17, 15) is 29.4 Å². The first-order chi connectivity index (χ1) is 13.7. The zero-order chi connectivity index (χ0) is 23.3. The Kier molecular flexibility index (Phi) is 8.09. The molecule has 0 aromatic heterocycles. The molecule has 0 atom stereocenters. The van der Waals surface area contributed by atoms with E-state index in [0.29, 0.717) is 12.8 Å². The molecule has 0 amide bonds. The molecule has 166 valence electrons. The van der Waals surface area contributed by atoms with Crippen LogP contribution in [0.5, 0.6) is 0 Å². The maximum absolute atomic E-state index is 12.3. The fraction of sp³-hybridized carbons (Fsp3) is 0.500. The Bertz CT molecular complexity index is 768. The van der Waals surface area contributed by atoms with Gasteiger partial charge in [-0.3, -0.25) is 9.78 Å². The number of rotatable bonds is 10. The lowest BCUT2D eigenvalue weighted by Gasteiger charge is -2.21. The van der Waals surface area contributed by atoms with Crippen LogP contribution in [0.4, 0.5) is 0 Å². The molecule has 0 unspecified atom stereocenters. The van der Waals surface area contributed by atoms with Crippen LogP contribution in [0.25, 0.3) is 0 Å². The number of benzene rings is 1. The quantitative estimate of drug-likeness (QED) is 0.420. The molecular weight excluding hydrogens is 400 g/mol. The molecule has 0 saturated heterocycles. The number of aromatic carboxylic acids is 2. The van der Waals surface area contributed by atoms with Crippen molar-refractivity contribution in [2.24, 2.45) is 0 Å². The van der Waals surface area contributed by atoms with Crippen LogP contribution < -0.4 is 0 Å². The van der Waals surface area contributed by atoms with Crippen LogP contribution in [0, 0.1) is 0 Å². The summed E-state index contributed by atoms with van der Waals surface area (Å²) in [6, 6.07) is 1.44. The fourth-order valence-corrected chi connectivity index (χ4v) is 1.80. The van der Waals surface area contributed by atoms with Crippen molar-refractivity contribution in [3.8, 4) is 0 Å². The van der Waals surface area contributed by atoms with E-state index >= 15 is 0 Å². The Morgan fingerprint density at radius 1 is 0.700 bits per heavy atom. The first-order valence-electron chi connectivity index (χ1n) is 9.19. The van der Waals surface area contributed by atoms with Crippen LogP contribution in [0.1, 0.15) is 95.8 Å². The minimum atomic E-state index is -1.59. The van der Waals surface area contributed by atoms with Crippen LogP contribution >= 0.6 is 0 Å². The van der Waals surface area contributed by atoms with Gasteiger partial charge in [0.1, 0.15) is 11.2 Å². The van der Waals surface area contributed by atoms with Gasteiger partial charge >= 0.3 is 23.9 Å². The number of hydrogen-bond donors (Lipinski definition) is 2. The minimum absolute atomic E-state index is 0.478. The van der Waals surface area contributed by atoms with Crippen molar-refractivity contribution in [3.63, 3.8) is 0 Å². The van der Waals surface area contributed by atoms with Gasteiger partial charge in [0, 0.05) is 0 Å². The second kappa shape index (κ2) is 9.68. The van der Waals surface area contributed by atoms with Crippen molar-refractivity contribution in [3.05, 3.63) is 34.4 Å². The largest absolute Gasteiger partial charge is 0.478 e. The Hall–Kier alpha value is -2.98. The van der Waals surface area contributed by atoms with Crippen molar-refractivity contribution in [2.75, 3.05) is 0 Å². The normalized spacial score (nSPS) is 11.7. The number of carbonyl (C=O) groups is 4. The maximum Gasteiger partial charge on any atom is 0.374 e. The second-order valence-electron chi connectivity index (χ2n) is 7.69. The number of carboxylic acid groups (broad SMARTS) is 2. The standard InChI is InChI=1S/C20H26O10/c1-7-19(3,4)29-27-17(25)13-9-12(16(23)24)14(10-11(13)15(21)22)18(26)28-30-20(5,6)8-2/h9-10H,7-8H2,1-6H3,(H,21,22)(H,23,24). The minimum Gasteiger partial charge on any atom is -0.478 e. The van der Waals surface area contributed by atoms with E-state index in [0.717, 1.165) is 12.1 Å². The molecular formula is C20H26O10. The predicted molar refractivity (Wildman–Crippen MR) is 102 cm³/mol. The summed E-state index contributed by atoms with van der Waals surface area (Å²) < 4.78 is 0. The molecule has 2 N–H and O–H groups in total. The highest BCUT2D eigenvalue weighted by molar-refractivity contribution is 6.09. The highest BCUT2D eigenvalue weighted by atomic mass is 17.2. The van der Waals surface area contributed by atoms with Gasteiger partial charge in [-0.1, -0.05) is 13.8 Å². The van der Waals surface area contributed by atoms with E-state index < -0.39 is 57.3 Å². The average Bonchev–Trinajstić information content (AvgIpc) is 2.69. The molecule has 10 nitrogen and oxygen atoms in total. The van der Waals surface area contributed by atoms with Crippen LogP contribution in [0.15, 0.2) is 12.1 Å². The van der Waals surface area contributed by atoms with E-state index in [2.05, 4.69) is 9.78 Å². The van der Waals surface area contributed by atoms with Gasteiger partial charge in [-0.2, -0.15) is 9.78 Å². The number of carbonyl (C=O) groups excluding carboxylic acids is 2. The number of hydrogen-bond acceptors (Lipinski definition) is 8. The first kappa shape index (κ1) is 25.1. The van der Waals surface area contributed by atoms with E-state index in [-0.39, 0.29) is 0 Å². The summed E-state index contributed by atoms with van der Waals surface area (Å²) in [7, 11) is 0. The second-order valence-corrected chi connectivity index (χ2v) is 7.69. The van der Waals surface area contributed by atoms with Crippen molar-refractivity contribution in [1.29, 1.82) is 0 Å². The third-order valence-electron chi connectivity index (χ3n) is 4.45. The summed E-state index contributed by atoms with van der Waals surface area (Å²) in [6.07, 6.45) is 0.955. The van der Waals surface area contributed by atoms with Gasteiger partial charge in [0.25, 0.3) is 0 Å². The van der Waals surface area contributed by atoms with Crippen molar-refractivity contribution < 1.29 is 48.9 Å². The van der Waals surface area contributed by atoms with Crippen LogP contribution in [0.3, 0.4) is 0 Å². The fourth-order valence-electron chi connectivity index (χ4n) is 1.80. The summed E-state index contributed by atoms with van der Waals surface area (Å²) in [5, 5.41) is 18.9. The van der Waals surface area contributed by atoms with Gasteiger partial charge in [0.05, 0.1) is 22.3 Å². The summed E-state index contributed by atoms with van der Waals surface area (Å²) >= 11 is 0. The molecule has 0 aliphatic carbocycles. The number of carboxylic acids is 2. The van der Waals surface area contributed by atoms with Gasteiger partial charge in [0.15, 0.2) is 0 Å². The summed E-state index contributed by atoms with van der Waals surface area (Å²) in [4.78, 5) is 67.3. The van der Waals surface area contributed by atoms with E-state index in [1.165, 1.54) is 0 Å². The molecule has 1 rings (SSSR count). The molecule has 0 fully saturated rings. The lowest BCUT2D eigenvalue weighted by Crippen LogP contribution is -2.27. The molecule has 0 bridgehead atoms. The zero-order valence-electron chi connectivity index (χ0n) is 17.7. The molecule has 1 aromatic rings. The topological polar surface area (TPSA) is 146 Å². The van der Waals surface area contributed by atoms with Crippen LogP contribution in [-0.2, 0) is 19.6 Å². The summed E-state index contributed by atoms with van der Waals surface area (Å²) in [5.74, 6) is -5.62. The van der Waals surface area contributed by atoms with Crippen LogP contribution in [-0.4, -0.2) is 45.3 Å². The Morgan fingerprint density at radius 2 is 1.00 bits per heavy atom. The van der Waals surface area contributed by atoms with E-state index in [1.54, 1.807) is 41.5 Å². The van der Waals surface area contributed by atoms with Gasteiger partial charge in [-0.15, -0.1) is 0 Å². The SMILES string of the molecule is CCC(C)(C)OOC(=O)c1cc(C(=O)O)c(C(=O)OOC(C)(C)CC)cc1C(=O)O. The third kappa shape index (κ3) is 6.53. The Labute approximate surface area is 173 Å². The first-order valence-corrected chi connectivity index (χ1v) is 9.19. The zero-order valence-corrected chi connectivity index (χ0v) is 17.7. The molecule has 0 aliphatic heterocycles. The van der Waals surface area contributed by atoms with Crippen molar-refractivity contribution in [1.82, 2.24) is 0 Å². The van der Waals surface area contributed by atoms with Crippen molar-refractivity contribution in [2.45, 2.75) is 65.6 Å². The molecule has 1 aromatic carbocycles. The van der Waals surface area contributed by atoms with Gasteiger partial charge in [-0.05, 0) is 52.7 Å². The van der Waals surface area contributed by atoms with Crippen molar-refractivity contribution >= 4 is 23.9 Å². The molecule has 0 radical (unpaired) electrons. The monoisotopic (exact) mass is 426 g/mol. The van der Waals surface area contributed by atoms with Gasteiger partial charge < -0.3 is 10.2 Å². The van der Waals surface area contributed by atoms with E-state index in [4.69, 9.17) is 9.78 Å². The van der Waals surface area contributed by atoms with Gasteiger partial charge in [0.2, 0.25) is 0 Å². The lowest BCUT2D eigenvalue weighted by molar-refractivity contribution is -0.307. The summed E-state index contributed by atoms with van der Waals surface area (Å²) in [5.41, 5.74) is -4.21. The van der Waals surface area contributed by atoms with Crippen LogP contribution in [0.2, 0.25) is 0 Å². The molecule has 0 saturated carbocycles. The van der Waals surface area contributed by atoms with Gasteiger partial charge in [-0.25, -0.2) is 19.2 Å². The smallest absolute Gasteiger partial charge is 0.374 e. The highest BCUT2D eigenvalue weighted by Gasteiger charge is 2.30. The molecule has 0 heterocycles. The molecule has 30 heavy (non-hydrogen) atoms. The molecule has 0 aliphatic rings. The summed E-state index contributed by atoms with van der Waals surface area (Å²) in [6.45, 7) is 10.1. The Morgan fingerprint density at radius 3 is 1.23 bits per heavy atom. The molecule has 0 spiro atoms. The predicted octanol–water partition coefficient (Wildman–Crippen LogP) is 3.64. The highest BCUT2D eigenvalue weighted by Crippen LogP contribution is 2.23. The maximum atomic E-state index is 12.3. The average molecular weight is 426 g/mol. The Balaban J connectivity index is 3.36. The lowest BCUT2D eigenvalue weighted by atomic mass is 9.98. The van der Waals surface area contributed by atoms with E-state index in [1.807, 2.05) is 0 Å². The third-order valence-corrected chi connectivity index (χ3v) is 4.45. The molecule has 10 heteroatoms.